The molecule has 1 atom stereocenters. The maximum Gasteiger partial charge on any atom is 0.0305 e. The molecular formula is C48H34. The van der Waals surface area contributed by atoms with Gasteiger partial charge in [-0.2, -0.15) is 0 Å². The zero-order chi connectivity index (χ0) is 32.0. The Labute approximate surface area is 282 Å². The summed E-state index contributed by atoms with van der Waals surface area (Å²) in [6, 6.07) is 64.5. The van der Waals surface area contributed by atoms with Gasteiger partial charge in [0.15, 0.2) is 0 Å². The van der Waals surface area contributed by atoms with E-state index in [0.717, 1.165) is 0 Å². The lowest BCUT2D eigenvalue weighted by atomic mass is 9.82. The summed E-state index contributed by atoms with van der Waals surface area (Å²) >= 11 is 0. The van der Waals surface area contributed by atoms with E-state index in [1.165, 1.54) is 88.3 Å². The topological polar surface area (TPSA) is 0 Å². The van der Waals surface area contributed by atoms with Crippen LogP contribution in [0.2, 0.25) is 0 Å². The number of allylic oxidation sites excluding steroid dienone is 1. The third-order valence-electron chi connectivity index (χ3n) is 10.1. The minimum Gasteiger partial charge on any atom is -0.0622 e. The summed E-state index contributed by atoms with van der Waals surface area (Å²) in [4.78, 5) is 0. The van der Waals surface area contributed by atoms with Crippen LogP contribution in [0.5, 0.6) is 0 Å². The van der Waals surface area contributed by atoms with Crippen molar-refractivity contribution >= 4 is 27.6 Å². The maximum atomic E-state index is 2.42. The molecule has 9 rings (SSSR count). The van der Waals surface area contributed by atoms with Gasteiger partial charge in [0.05, 0.1) is 0 Å². The summed E-state index contributed by atoms with van der Waals surface area (Å²) in [7, 11) is 0. The van der Waals surface area contributed by atoms with Gasteiger partial charge in [-0.15, -0.1) is 0 Å². The fraction of sp³-hybridized carbons (Fsp3) is 0.0417. The minimum absolute atomic E-state index is 0.307. The van der Waals surface area contributed by atoms with Gasteiger partial charge in [0.1, 0.15) is 0 Å². The van der Waals surface area contributed by atoms with E-state index in [9.17, 15) is 0 Å². The maximum absolute atomic E-state index is 2.42. The number of benzene rings is 8. The smallest absolute Gasteiger partial charge is 0.0305 e. The molecule has 1 unspecified atom stereocenters. The molecule has 1 aliphatic carbocycles. The Morgan fingerprint density at radius 3 is 1.52 bits per heavy atom. The van der Waals surface area contributed by atoms with Gasteiger partial charge < -0.3 is 0 Å². The first-order chi connectivity index (χ1) is 23.7. The lowest BCUT2D eigenvalue weighted by molar-refractivity contribution is 0.977. The van der Waals surface area contributed by atoms with Gasteiger partial charge in [0, 0.05) is 5.92 Å². The van der Waals surface area contributed by atoms with Gasteiger partial charge in [-0.1, -0.05) is 175 Å². The highest BCUT2D eigenvalue weighted by Gasteiger charge is 2.25. The molecule has 0 amide bonds. The molecule has 0 aromatic heterocycles. The first-order valence-electron chi connectivity index (χ1n) is 16.8. The quantitative estimate of drug-likeness (QED) is 0.170. The van der Waals surface area contributed by atoms with E-state index < -0.39 is 0 Å². The third kappa shape index (κ3) is 4.69. The number of rotatable bonds is 5. The molecule has 0 aliphatic heterocycles. The normalized spacial score (nSPS) is 13.9. The van der Waals surface area contributed by atoms with Crippen LogP contribution in [0.25, 0.3) is 72.1 Å². The average Bonchev–Trinajstić information content (AvgIpc) is 3.49. The van der Waals surface area contributed by atoms with E-state index in [-0.39, 0.29) is 0 Å². The van der Waals surface area contributed by atoms with Crippen molar-refractivity contribution in [3.8, 4) is 44.5 Å². The average molecular weight is 611 g/mol. The van der Waals surface area contributed by atoms with Crippen LogP contribution in [0, 0.1) is 0 Å². The highest BCUT2D eigenvalue weighted by Crippen LogP contribution is 2.48. The molecule has 0 N–H and O–H groups in total. The number of hydrogen-bond donors (Lipinski definition) is 0. The fourth-order valence-corrected chi connectivity index (χ4v) is 7.94. The van der Waals surface area contributed by atoms with Crippen molar-refractivity contribution in [3.63, 3.8) is 0 Å². The monoisotopic (exact) mass is 610 g/mol. The molecule has 0 saturated carbocycles. The Hall–Kier alpha value is -5.98. The van der Waals surface area contributed by atoms with Crippen molar-refractivity contribution in [2.75, 3.05) is 0 Å². The molecule has 0 spiro atoms. The molecule has 1 aliphatic rings. The van der Waals surface area contributed by atoms with Gasteiger partial charge in [-0.25, -0.2) is 0 Å². The van der Waals surface area contributed by atoms with Crippen LogP contribution in [0.1, 0.15) is 29.5 Å². The predicted octanol–water partition coefficient (Wildman–Crippen LogP) is 13.2. The molecule has 226 valence electrons. The van der Waals surface area contributed by atoms with Gasteiger partial charge in [0.2, 0.25) is 0 Å². The Balaban J connectivity index is 1.29. The second-order valence-corrected chi connectivity index (χ2v) is 12.9. The third-order valence-corrected chi connectivity index (χ3v) is 10.1. The Bertz CT molecular complexity index is 2430. The number of fused-ring (bicyclic) bond motifs is 3. The van der Waals surface area contributed by atoms with Gasteiger partial charge in [-0.3, -0.25) is 0 Å². The van der Waals surface area contributed by atoms with E-state index >= 15 is 0 Å². The van der Waals surface area contributed by atoms with Crippen LogP contribution in [0.3, 0.4) is 0 Å². The van der Waals surface area contributed by atoms with Crippen LogP contribution in [0.15, 0.2) is 181 Å². The van der Waals surface area contributed by atoms with Gasteiger partial charge >= 0.3 is 0 Å². The van der Waals surface area contributed by atoms with Crippen molar-refractivity contribution in [1.82, 2.24) is 0 Å². The predicted molar refractivity (Wildman–Crippen MR) is 205 cm³/mol. The van der Waals surface area contributed by atoms with Crippen LogP contribution in [-0.2, 0) is 0 Å². The van der Waals surface area contributed by atoms with E-state index in [4.69, 9.17) is 0 Å². The molecule has 8 aromatic carbocycles. The van der Waals surface area contributed by atoms with Crippen LogP contribution < -0.4 is 0 Å². The van der Waals surface area contributed by atoms with Gasteiger partial charge in [0.25, 0.3) is 0 Å². The van der Waals surface area contributed by atoms with Crippen LogP contribution >= 0.6 is 0 Å². The summed E-state index contributed by atoms with van der Waals surface area (Å²) < 4.78 is 0. The Kier molecular flexibility index (Phi) is 6.87. The van der Waals surface area contributed by atoms with E-state index in [1.807, 2.05) is 0 Å². The van der Waals surface area contributed by atoms with Crippen molar-refractivity contribution in [3.05, 3.63) is 198 Å². The molecule has 48 heavy (non-hydrogen) atoms. The fourth-order valence-electron chi connectivity index (χ4n) is 7.94. The second-order valence-electron chi connectivity index (χ2n) is 12.9. The highest BCUT2D eigenvalue weighted by molar-refractivity contribution is 6.22. The van der Waals surface area contributed by atoms with Crippen molar-refractivity contribution in [1.29, 1.82) is 0 Å². The molecule has 0 saturated heterocycles. The number of hydrogen-bond acceptors (Lipinski definition) is 0. The molecular weight excluding hydrogens is 577 g/mol. The summed E-state index contributed by atoms with van der Waals surface area (Å²) in [6.07, 6.45) is 2.38. The lowest BCUT2D eigenvalue weighted by Crippen LogP contribution is -1.99. The molecule has 0 radical (unpaired) electrons. The zero-order valence-electron chi connectivity index (χ0n) is 26.9. The molecule has 8 aromatic rings. The first-order valence-corrected chi connectivity index (χ1v) is 16.8. The Morgan fingerprint density at radius 2 is 0.896 bits per heavy atom. The lowest BCUT2D eigenvalue weighted by Gasteiger charge is -2.21. The summed E-state index contributed by atoms with van der Waals surface area (Å²) in [5.74, 6) is 0.307. The summed E-state index contributed by atoms with van der Waals surface area (Å²) in [5, 5.41) is 5.08. The largest absolute Gasteiger partial charge is 0.0622 e. The van der Waals surface area contributed by atoms with Crippen molar-refractivity contribution in [2.45, 2.75) is 12.8 Å². The van der Waals surface area contributed by atoms with E-state index in [1.54, 1.807) is 0 Å². The first kappa shape index (κ1) is 28.3. The zero-order valence-corrected chi connectivity index (χ0v) is 26.9. The standard InChI is InChI=1S/C48H34/c1-32-29-38-30-37(26-27-39(38)46(32)35-19-9-4-10-20-35)47-40-21-11-13-23-42(40)48(43-24-14-12-22-41(43)47)44-28-25-36(33-15-5-2-6-16-33)31-45(44)34-17-7-3-8-18-34/h2-31,46H,1H3. The second kappa shape index (κ2) is 11.7. The minimum atomic E-state index is 0.307. The summed E-state index contributed by atoms with van der Waals surface area (Å²) in [5.41, 5.74) is 15.4. The molecule has 0 bridgehead atoms. The Morgan fingerprint density at radius 1 is 0.375 bits per heavy atom. The van der Waals surface area contributed by atoms with E-state index in [0.29, 0.717) is 5.92 Å². The van der Waals surface area contributed by atoms with Gasteiger partial charge in [-0.05, 0) is 102 Å². The van der Waals surface area contributed by atoms with Crippen LogP contribution in [-0.4, -0.2) is 0 Å². The molecule has 0 heteroatoms. The van der Waals surface area contributed by atoms with Crippen molar-refractivity contribution in [2.24, 2.45) is 0 Å². The highest BCUT2D eigenvalue weighted by atomic mass is 14.3. The summed E-state index contributed by atoms with van der Waals surface area (Å²) in [6.45, 7) is 2.27. The molecule has 0 fully saturated rings. The van der Waals surface area contributed by atoms with E-state index in [2.05, 4.69) is 189 Å². The SMILES string of the molecule is CC1=Cc2cc(-c3c4ccccc4c(-c4ccc(-c5ccccc5)cc4-c4ccccc4)c4ccccc34)ccc2C1c1ccccc1. The molecule has 0 heterocycles. The van der Waals surface area contributed by atoms with Crippen molar-refractivity contribution < 1.29 is 0 Å². The van der Waals surface area contributed by atoms with Crippen LogP contribution in [0.4, 0.5) is 0 Å². The molecule has 0 nitrogen and oxygen atoms in total.